The molecule has 1 heterocycles. The minimum Gasteiger partial charge on any atom is -0.309 e. The van der Waals surface area contributed by atoms with Crippen molar-refractivity contribution in [2.24, 2.45) is 0 Å². The van der Waals surface area contributed by atoms with Crippen molar-refractivity contribution in [1.29, 1.82) is 0 Å². The minimum atomic E-state index is -4.36. The molecule has 0 radical (unpaired) electrons. The van der Waals surface area contributed by atoms with Crippen LogP contribution in [0.1, 0.15) is 24.0 Å². The quantitative estimate of drug-likeness (QED) is 0.932. The molecule has 1 saturated heterocycles. The number of sulfone groups is 1. The molecule has 1 aliphatic rings. The van der Waals surface area contributed by atoms with Gasteiger partial charge < -0.3 is 5.32 Å². The molecule has 1 N–H and O–H groups in total. The van der Waals surface area contributed by atoms with E-state index in [-0.39, 0.29) is 24.1 Å². The Morgan fingerprint density at radius 1 is 1.30 bits per heavy atom. The van der Waals surface area contributed by atoms with E-state index in [1.54, 1.807) is 6.07 Å². The third-order valence-electron chi connectivity index (χ3n) is 3.31. The van der Waals surface area contributed by atoms with Crippen molar-refractivity contribution < 1.29 is 21.6 Å². The molecule has 1 aromatic carbocycles. The molecular weight excluding hydrogens is 291 g/mol. The summed E-state index contributed by atoms with van der Waals surface area (Å²) in [6, 6.07) is 4.89. The summed E-state index contributed by atoms with van der Waals surface area (Å²) in [6.45, 7) is 0.240. The van der Waals surface area contributed by atoms with Crippen LogP contribution in [0.25, 0.3) is 0 Å². The number of hydrogen-bond donors (Lipinski definition) is 1. The van der Waals surface area contributed by atoms with Gasteiger partial charge in [-0.2, -0.15) is 13.2 Å². The summed E-state index contributed by atoms with van der Waals surface area (Å²) in [6.07, 6.45) is -3.02. The predicted octanol–water partition coefficient (Wildman–Crippen LogP) is 2.37. The Hall–Kier alpha value is -1.08. The maximum Gasteiger partial charge on any atom is 0.416 e. The summed E-state index contributed by atoms with van der Waals surface area (Å²) in [5.41, 5.74) is -0.184. The van der Waals surface area contributed by atoms with E-state index >= 15 is 0 Å². The molecule has 0 aliphatic carbocycles. The highest BCUT2D eigenvalue weighted by molar-refractivity contribution is 7.91. The molecule has 0 amide bonds. The van der Waals surface area contributed by atoms with Crippen molar-refractivity contribution in [2.75, 3.05) is 11.5 Å². The van der Waals surface area contributed by atoms with Crippen molar-refractivity contribution in [3.63, 3.8) is 0 Å². The van der Waals surface area contributed by atoms with Crippen LogP contribution in [-0.2, 0) is 22.6 Å². The van der Waals surface area contributed by atoms with Gasteiger partial charge in [-0.1, -0.05) is 18.2 Å². The van der Waals surface area contributed by atoms with Crippen LogP contribution >= 0.6 is 0 Å². The lowest BCUT2D eigenvalue weighted by Crippen LogP contribution is -2.39. The Morgan fingerprint density at radius 3 is 2.70 bits per heavy atom. The van der Waals surface area contributed by atoms with Crippen LogP contribution in [0.4, 0.5) is 13.2 Å². The van der Waals surface area contributed by atoms with Crippen LogP contribution in [0.5, 0.6) is 0 Å². The first-order valence-corrected chi connectivity index (χ1v) is 8.18. The smallest absolute Gasteiger partial charge is 0.309 e. The third kappa shape index (κ3) is 4.21. The topological polar surface area (TPSA) is 46.2 Å². The van der Waals surface area contributed by atoms with Gasteiger partial charge in [0.25, 0.3) is 0 Å². The molecule has 3 nitrogen and oxygen atoms in total. The van der Waals surface area contributed by atoms with Crippen LogP contribution in [-0.4, -0.2) is 26.0 Å². The Bertz CT molecular complexity index is 569. The van der Waals surface area contributed by atoms with Crippen molar-refractivity contribution in [3.8, 4) is 0 Å². The zero-order chi connectivity index (χ0) is 14.8. The van der Waals surface area contributed by atoms with Gasteiger partial charge in [-0.3, -0.25) is 0 Å². The van der Waals surface area contributed by atoms with E-state index in [0.29, 0.717) is 12.0 Å². The maximum atomic E-state index is 12.6. The predicted molar refractivity (Wildman–Crippen MR) is 70.0 cm³/mol. The van der Waals surface area contributed by atoms with E-state index in [1.807, 2.05) is 0 Å². The van der Waals surface area contributed by atoms with Gasteiger partial charge >= 0.3 is 6.18 Å². The molecule has 2 rings (SSSR count). The Morgan fingerprint density at radius 2 is 2.05 bits per heavy atom. The molecule has 112 valence electrons. The average molecular weight is 307 g/mol. The molecule has 1 aliphatic heterocycles. The van der Waals surface area contributed by atoms with E-state index in [0.717, 1.165) is 18.6 Å². The first-order chi connectivity index (χ1) is 9.26. The van der Waals surface area contributed by atoms with Crippen LogP contribution in [0.3, 0.4) is 0 Å². The van der Waals surface area contributed by atoms with Gasteiger partial charge in [0.2, 0.25) is 0 Å². The molecule has 1 aromatic rings. The highest BCUT2D eigenvalue weighted by Crippen LogP contribution is 2.29. The number of hydrogen-bond acceptors (Lipinski definition) is 3. The zero-order valence-electron chi connectivity index (χ0n) is 10.8. The molecule has 0 saturated carbocycles. The van der Waals surface area contributed by atoms with E-state index in [1.165, 1.54) is 6.07 Å². The number of halogens is 3. The lowest BCUT2D eigenvalue weighted by Gasteiger charge is -2.23. The maximum absolute atomic E-state index is 12.6. The van der Waals surface area contributed by atoms with Crippen molar-refractivity contribution >= 4 is 9.84 Å². The van der Waals surface area contributed by atoms with E-state index in [9.17, 15) is 21.6 Å². The molecule has 20 heavy (non-hydrogen) atoms. The molecule has 1 unspecified atom stereocenters. The highest BCUT2D eigenvalue weighted by atomic mass is 32.2. The van der Waals surface area contributed by atoms with Gasteiger partial charge in [-0.25, -0.2) is 8.42 Å². The molecule has 0 spiro atoms. The lowest BCUT2D eigenvalue weighted by atomic mass is 10.1. The fourth-order valence-corrected chi connectivity index (χ4v) is 3.97. The van der Waals surface area contributed by atoms with Gasteiger partial charge in [0.05, 0.1) is 17.1 Å². The Balaban J connectivity index is 1.97. The van der Waals surface area contributed by atoms with Crippen molar-refractivity contribution in [3.05, 3.63) is 35.4 Å². The van der Waals surface area contributed by atoms with Crippen molar-refractivity contribution in [2.45, 2.75) is 31.6 Å². The first kappa shape index (κ1) is 15.3. The molecule has 1 fully saturated rings. The second kappa shape index (κ2) is 5.73. The minimum absolute atomic E-state index is 0.0615. The van der Waals surface area contributed by atoms with E-state index < -0.39 is 21.6 Å². The standard InChI is InChI=1S/C13H16F3NO2S/c14-13(15,16)11-4-1-3-10(7-11)8-17-12-5-2-6-20(18,19)9-12/h1,3-4,7,12,17H,2,5-6,8-9H2. The molecular formula is C13H16F3NO2S. The Labute approximate surface area is 116 Å². The summed E-state index contributed by atoms with van der Waals surface area (Å²) >= 11 is 0. The summed E-state index contributed by atoms with van der Waals surface area (Å²) in [4.78, 5) is 0. The molecule has 0 aromatic heterocycles. The normalized spacial score (nSPS) is 22.6. The fourth-order valence-electron chi connectivity index (χ4n) is 2.30. The highest BCUT2D eigenvalue weighted by Gasteiger charge is 2.30. The molecule has 7 heteroatoms. The summed E-state index contributed by atoms with van der Waals surface area (Å²) in [7, 11) is -3.01. The zero-order valence-corrected chi connectivity index (χ0v) is 11.6. The summed E-state index contributed by atoms with van der Waals surface area (Å²) in [5, 5.41) is 3.03. The average Bonchev–Trinajstić information content (AvgIpc) is 2.35. The third-order valence-corrected chi connectivity index (χ3v) is 5.13. The SMILES string of the molecule is O=S1(=O)CCCC(NCc2cccc(C(F)(F)F)c2)C1. The van der Waals surface area contributed by atoms with Crippen molar-refractivity contribution in [1.82, 2.24) is 5.32 Å². The van der Waals surface area contributed by atoms with Crippen LogP contribution in [0, 0.1) is 0 Å². The van der Waals surface area contributed by atoms with E-state index in [4.69, 9.17) is 0 Å². The second-order valence-corrected chi connectivity index (χ2v) is 7.26. The van der Waals surface area contributed by atoms with Gasteiger partial charge in [-0.05, 0) is 24.5 Å². The van der Waals surface area contributed by atoms with Crippen LogP contribution < -0.4 is 5.32 Å². The second-order valence-electron chi connectivity index (χ2n) is 5.03. The van der Waals surface area contributed by atoms with Crippen LogP contribution in [0.2, 0.25) is 0 Å². The first-order valence-electron chi connectivity index (χ1n) is 6.36. The van der Waals surface area contributed by atoms with Gasteiger partial charge in [0, 0.05) is 12.6 Å². The molecule has 0 bridgehead atoms. The Kier molecular flexibility index (Phi) is 4.39. The monoisotopic (exact) mass is 307 g/mol. The largest absolute Gasteiger partial charge is 0.416 e. The summed E-state index contributed by atoms with van der Waals surface area (Å²) in [5.74, 6) is 0.265. The van der Waals surface area contributed by atoms with Gasteiger partial charge in [0.1, 0.15) is 0 Å². The number of nitrogens with one attached hydrogen (secondary N) is 1. The fraction of sp³-hybridized carbons (Fsp3) is 0.538. The van der Waals surface area contributed by atoms with Gasteiger partial charge in [0.15, 0.2) is 9.84 Å². The number of benzene rings is 1. The van der Waals surface area contributed by atoms with Gasteiger partial charge in [-0.15, -0.1) is 0 Å². The van der Waals surface area contributed by atoms with E-state index in [2.05, 4.69) is 5.32 Å². The lowest BCUT2D eigenvalue weighted by molar-refractivity contribution is -0.137. The number of rotatable bonds is 3. The summed E-state index contributed by atoms with van der Waals surface area (Å²) < 4.78 is 60.6. The number of alkyl halides is 3. The molecule has 1 atom stereocenters. The van der Waals surface area contributed by atoms with Crippen LogP contribution in [0.15, 0.2) is 24.3 Å².